The average molecular weight is 327 g/mol. The number of para-hydroxylation sites is 1. The molecule has 0 atom stereocenters. The van der Waals surface area contributed by atoms with Crippen LogP contribution in [0.25, 0.3) is 39.2 Å². The van der Waals surface area contributed by atoms with Crippen LogP contribution in [0.1, 0.15) is 0 Å². The molecule has 2 N–H and O–H groups in total. The van der Waals surface area contributed by atoms with Crippen LogP contribution in [0.2, 0.25) is 0 Å². The van der Waals surface area contributed by atoms with E-state index in [1.807, 2.05) is 48.7 Å². The minimum atomic E-state index is 0.377. The number of nitrogen functional groups attached to an aromatic ring is 1. The highest BCUT2D eigenvalue weighted by Gasteiger charge is 2.15. The Hall–Kier alpha value is -3.67. The lowest BCUT2D eigenvalue weighted by Gasteiger charge is -2.04. The number of aromatic nitrogens is 4. The summed E-state index contributed by atoms with van der Waals surface area (Å²) in [7, 11) is 0. The lowest BCUT2D eigenvalue weighted by molar-refractivity contribution is 0.629. The first kappa shape index (κ1) is 13.7. The molecule has 0 saturated heterocycles. The van der Waals surface area contributed by atoms with E-state index < -0.39 is 0 Å². The maximum absolute atomic E-state index is 6.04. The summed E-state index contributed by atoms with van der Waals surface area (Å²) in [5.74, 6) is 1.08. The maximum atomic E-state index is 6.04. The molecule has 5 aromatic rings. The molecule has 25 heavy (non-hydrogen) atoms. The van der Waals surface area contributed by atoms with Crippen LogP contribution in [-0.2, 0) is 0 Å². The van der Waals surface area contributed by atoms with E-state index in [-0.39, 0.29) is 0 Å². The van der Waals surface area contributed by atoms with Crippen LogP contribution in [0, 0.1) is 0 Å². The van der Waals surface area contributed by atoms with Gasteiger partial charge in [0.25, 0.3) is 0 Å². The van der Waals surface area contributed by atoms with E-state index in [1.54, 1.807) is 23.0 Å². The summed E-state index contributed by atoms with van der Waals surface area (Å²) in [5.41, 5.74) is 10.2. The lowest BCUT2D eigenvalue weighted by Crippen LogP contribution is -2.00. The second-order valence-electron chi connectivity index (χ2n) is 5.73. The summed E-state index contributed by atoms with van der Waals surface area (Å²) in [6, 6.07) is 13.7. The van der Waals surface area contributed by atoms with Crippen LogP contribution in [0.4, 0.5) is 5.95 Å². The first-order valence-corrected chi connectivity index (χ1v) is 7.82. The van der Waals surface area contributed by atoms with Gasteiger partial charge in [-0.3, -0.25) is 9.38 Å². The number of fused-ring (bicyclic) bond motifs is 2. The van der Waals surface area contributed by atoms with Gasteiger partial charge < -0.3 is 10.2 Å². The fourth-order valence-corrected chi connectivity index (χ4v) is 2.96. The molecule has 6 nitrogen and oxygen atoms in total. The van der Waals surface area contributed by atoms with Gasteiger partial charge in [0.1, 0.15) is 16.9 Å². The second-order valence-corrected chi connectivity index (χ2v) is 5.73. The molecule has 5 rings (SSSR count). The van der Waals surface area contributed by atoms with Gasteiger partial charge in [0.15, 0.2) is 5.76 Å². The van der Waals surface area contributed by atoms with E-state index in [0.717, 1.165) is 27.7 Å². The Morgan fingerprint density at radius 2 is 1.88 bits per heavy atom. The van der Waals surface area contributed by atoms with E-state index in [4.69, 9.17) is 15.1 Å². The van der Waals surface area contributed by atoms with Gasteiger partial charge in [0, 0.05) is 35.7 Å². The van der Waals surface area contributed by atoms with E-state index in [1.165, 1.54) is 0 Å². The Labute approximate surface area is 142 Å². The number of anilines is 1. The number of rotatable bonds is 2. The highest BCUT2D eigenvalue weighted by Crippen LogP contribution is 2.30. The van der Waals surface area contributed by atoms with Crippen LogP contribution in [0.15, 0.2) is 71.7 Å². The van der Waals surface area contributed by atoms with Gasteiger partial charge in [0.05, 0.1) is 0 Å². The predicted molar refractivity (Wildman–Crippen MR) is 95.8 cm³/mol. The van der Waals surface area contributed by atoms with E-state index in [2.05, 4.69) is 9.97 Å². The van der Waals surface area contributed by atoms with Crippen molar-refractivity contribution in [2.24, 2.45) is 0 Å². The smallest absolute Gasteiger partial charge is 0.206 e. The van der Waals surface area contributed by atoms with Crippen LogP contribution < -0.4 is 5.73 Å². The molecule has 0 radical (unpaired) electrons. The fraction of sp³-hybridized carbons (Fsp3) is 0. The molecule has 4 heterocycles. The Kier molecular flexibility index (Phi) is 2.84. The minimum absolute atomic E-state index is 0.377. The normalized spacial score (nSPS) is 11.4. The molecule has 0 aliphatic rings. The number of hydrogen-bond acceptors (Lipinski definition) is 5. The van der Waals surface area contributed by atoms with Crippen molar-refractivity contribution in [1.29, 1.82) is 0 Å². The van der Waals surface area contributed by atoms with Gasteiger partial charge >= 0.3 is 0 Å². The van der Waals surface area contributed by atoms with Gasteiger partial charge in [-0.15, -0.1) is 0 Å². The van der Waals surface area contributed by atoms with Crippen molar-refractivity contribution in [2.45, 2.75) is 0 Å². The van der Waals surface area contributed by atoms with Crippen molar-refractivity contribution in [3.05, 3.63) is 67.3 Å². The monoisotopic (exact) mass is 327 g/mol. The SMILES string of the molecule is Nc1ncc(-c2ccncc2)c2nc(-c3cc4ccccc4o3)cn12. The second kappa shape index (κ2) is 5.17. The van der Waals surface area contributed by atoms with Gasteiger partial charge in [-0.25, -0.2) is 9.97 Å². The third-order valence-corrected chi connectivity index (χ3v) is 4.19. The van der Waals surface area contributed by atoms with Crippen molar-refractivity contribution in [3.63, 3.8) is 0 Å². The highest BCUT2D eigenvalue weighted by atomic mass is 16.3. The summed E-state index contributed by atoms with van der Waals surface area (Å²) in [6.45, 7) is 0. The largest absolute Gasteiger partial charge is 0.454 e. The zero-order chi connectivity index (χ0) is 16.8. The summed E-state index contributed by atoms with van der Waals surface area (Å²) >= 11 is 0. The predicted octanol–water partition coefficient (Wildman–Crippen LogP) is 3.79. The van der Waals surface area contributed by atoms with Gasteiger partial charge in [-0.05, 0) is 29.8 Å². The van der Waals surface area contributed by atoms with Crippen molar-refractivity contribution in [3.8, 4) is 22.6 Å². The standard InChI is InChI=1S/C19H13N5O/c20-19-22-10-14(12-5-7-21-8-6-12)18-23-15(11-24(18)19)17-9-13-3-1-2-4-16(13)25-17/h1-11H,(H2,20,22). The quantitative estimate of drug-likeness (QED) is 0.533. The molecule has 0 unspecified atom stereocenters. The van der Waals surface area contributed by atoms with Crippen molar-refractivity contribution < 1.29 is 4.42 Å². The zero-order valence-corrected chi connectivity index (χ0v) is 13.1. The first-order valence-electron chi connectivity index (χ1n) is 7.82. The molecule has 0 spiro atoms. The minimum Gasteiger partial charge on any atom is -0.454 e. The lowest BCUT2D eigenvalue weighted by atomic mass is 10.1. The average Bonchev–Trinajstić information content (AvgIpc) is 3.27. The number of hydrogen-bond donors (Lipinski definition) is 1. The molecule has 120 valence electrons. The Morgan fingerprint density at radius 3 is 2.72 bits per heavy atom. The molecule has 1 aromatic carbocycles. The number of benzene rings is 1. The molecule has 0 aliphatic carbocycles. The first-order chi connectivity index (χ1) is 12.3. The molecule has 0 amide bonds. The molecule has 0 aliphatic heterocycles. The number of imidazole rings is 1. The van der Waals surface area contributed by atoms with Crippen LogP contribution in [0.5, 0.6) is 0 Å². The van der Waals surface area contributed by atoms with Crippen LogP contribution in [-0.4, -0.2) is 19.4 Å². The molecule has 0 fully saturated rings. The third kappa shape index (κ3) is 2.15. The summed E-state index contributed by atoms with van der Waals surface area (Å²) in [4.78, 5) is 13.1. The highest BCUT2D eigenvalue weighted by molar-refractivity contribution is 5.84. The number of nitrogens with two attached hydrogens (primary N) is 1. The number of pyridine rings is 1. The van der Waals surface area contributed by atoms with Crippen molar-refractivity contribution in [1.82, 2.24) is 19.4 Å². The molecule has 0 bridgehead atoms. The van der Waals surface area contributed by atoms with E-state index in [9.17, 15) is 0 Å². The Bertz CT molecular complexity index is 1170. The number of furan rings is 1. The van der Waals surface area contributed by atoms with Gasteiger partial charge in [-0.2, -0.15) is 0 Å². The van der Waals surface area contributed by atoms with Gasteiger partial charge in [-0.1, -0.05) is 18.2 Å². The fourth-order valence-electron chi connectivity index (χ4n) is 2.96. The number of nitrogens with zero attached hydrogens (tertiary/aromatic N) is 4. The molecule has 6 heteroatoms. The topological polar surface area (TPSA) is 82.2 Å². The molecular formula is C19H13N5O. The molecular weight excluding hydrogens is 314 g/mol. The van der Waals surface area contributed by atoms with Crippen molar-refractivity contribution >= 4 is 22.6 Å². The van der Waals surface area contributed by atoms with Crippen LogP contribution >= 0.6 is 0 Å². The third-order valence-electron chi connectivity index (χ3n) is 4.19. The Morgan fingerprint density at radius 1 is 1.04 bits per heavy atom. The molecule has 0 saturated carbocycles. The van der Waals surface area contributed by atoms with Crippen molar-refractivity contribution in [2.75, 3.05) is 5.73 Å². The zero-order valence-electron chi connectivity index (χ0n) is 13.1. The maximum Gasteiger partial charge on any atom is 0.206 e. The summed E-state index contributed by atoms with van der Waals surface area (Å²) in [5, 5.41) is 1.04. The summed E-state index contributed by atoms with van der Waals surface area (Å²) < 4.78 is 7.70. The van der Waals surface area contributed by atoms with Gasteiger partial charge in [0.2, 0.25) is 5.95 Å². The van der Waals surface area contributed by atoms with E-state index in [0.29, 0.717) is 17.4 Å². The summed E-state index contributed by atoms with van der Waals surface area (Å²) in [6.07, 6.45) is 7.06. The van der Waals surface area contributed by atoms with Crippen LogP contribution in [0.3, 0.4) is 0 Å². The Balaban J connectivity index is 1.74. The van der Waals surface area contributed by atoms with E-state index >= 15 is 0 Å². The molecule has 4 aromatic heterocycles.